The lowest BCUT2D eigenvalue weighted by Gasteiger charge is -2.24. The van der Waals surface area contributed by atoms with Crippen LogP contribution in [0.15, 0.2) is 24.3 Å². The summed E-state index contributed by atoms with van der Waals surface area (Å²) in [5.74, 6) is -0.683. The van der Waals surface area contributed by atoms with Crippen molar-refractivity contribution in [2.24, 2.45) is 0 Å². The van der Waals surface area contributed by atoms with Crippen LogP contribution < -0.4 is 0 Å². The topological polar surface area (TPSA) is 61.8 Å². The molecule has 0 radical (unpaired) electrons. The fourth-order valence-electron chi connectivity index (χ4n) is 1.78. The maximum atomic E-state index is 12.8. The van der Waals surface area contributed by atoms with Crippen LogP contribution in [0.2, 0.25) is 5.02 Å². The Labute approximate surface area is 123 Å². The van der Waals surface area contributed by atoms with Crippen molar-refractivity contribution >= 4 is 25.2 Å². The van der Waals surface area contributed by atoms with E-state index in [4.69, 9.17) is 25.4 Å². The average Bonchev–Trinajstić information content (AvgIpc) is 2.39. The number of ether oxygens (including phenoxy) is 1. The number of carbonyl (C=O) groups is 1. The normalized spacial score (nSPS) is 13.0. The van der Waals surface area contributed by atoms with Gasteiger partial charge in [-0.05, 0) is 31.5 Å². The second-order valence-corrected chi connectivity index (χ2v) is 6.40. The number of esters is 1. The molecule has 112 valence electrons. The van der Waals surface area contributed by atoms with Crippen LogP contribution in [0, 0.1) is 0 Å². The van der Waals surface area contributed by atoms with Crippen molar-refractivity contribution in [3.05, 3.63) is 34.9 Å². The Morgan fingerprint density at radius 1 is 1.30 bits per heavy atom. The third-order valence-electron chi connectivity index (χ3n) is 2.52. The highest BCUT2D eigenvalue weighted by atomic mass is 35.5. The van der Waals surface area contributed by atoms with Gasteiger partial charge in [-0.3, -0.25) is 9.36 Å². The van der Waals surface area contributed by atoms with Crippen molar-refractivity contribution in [2.75, 3.05) is 20.3 Å². The third kappa shape index (κ3) is 4.06. The van der Waals surface area contributed by atoms with Crippen LogP contribution in [0.25, 0.3) is 0 Å². The molecule has 1 atom stereocenters. The summed E-state index contributed by atoms with van der Waals surface area (Å²) in [6.45, 7) is 3.67. The van der Waals surface area contributed by atoms with Crippen LogP contribution in [0.1, 0.15) is 25.1 Å². The maximum absolute atomic E-state index is 12.8. The van der Waals surface area contributed by atoms with Gasteiger partial charge in [-0.1, -0.05) is 23.7 Å². The van der Waals surface area contributed by atoms with Gasteiger partial charge in [0.05, 0.1) is 20.3 Å². The van der Waals surface area contributed by atoms with Gasteiger partial charge >= 0.3 is 13.6 Å². The first-order chi connectivity index (χ1) is 9.48. The largest absolute Gasteiger partial charge is 0.468 e. The molecular formula is C13H18ClO5P. The van der Waals surface area contributed by atoms with Gasteiger partial charge in [-0.25, -0.2) is 0 Å². The van der Waals surface area contributed by atoms with Crippen molar-refractivity contribution in [1.82, 2.24) is 0 Å². The van der Waals surface area contributed by atoms with E-state index in [0.717, 1.165) is 0 Å². The lowest BCUT2D eigenvalue weighted by atomic mass is 10.1. The minimum Gasteiger partial charge on any atom is -0.468 e. The van der Waals surface area contributed by atoms with Crippen LogP contribution in [-0.2, 0) is 23.1 Å². The van der Waals surface area contributed by atoms with Gasteiger partial charge in [0.1, 0.15) is 0 Å². The van der Waals surface area contributed by atoms with Crippen LogP contribution in [-0.4, -0.2) is 26.3 Å². The lowest BCUT2D eigenvalue weighted by Crippen LogP contribution is -2.17. The van der Waals surface area contributed by atoms with Crippen LogP contribution in [0.5, 0.6) is 0 Å². The number of halogens is 1. The zero-order valence-corrected chi connectivity index (χ0v) is 13.3. The molecule has 7 heteroatoms. The Balaban J connectivity index is 3.30. The van der Waals surface area contributed by atoms with E-state index >= 15 is 0 Å². The van der Waals surface area contributed by atoms with E-state index in [2.05, 4.69) is 0 Å². The molecule has 0 heterocycles. The van der Waals surface area contributed by atoms with Crippen molar-refractivity contribution < 1.29 is 23.1 Å². The number of methoxy groups -OCH3 is 1. The molecule has 0 aliphatic rings. The first-order valence-electron chi connectivity index (χ1n) is 6.20. The fraction of sp³-hybridized carbons (Fsp3) is 0.462. The van der Waals surface area contributed by atoms with Gasteiger partial charge in [0.2, 0.25) is 0 Å². The Bertz CT molecular complexity index is 495. The standard InChI is InChI=1S/C13H18ClO5P/c1-4-18-20(16,19-5-2)12(13(15)17-3)10-7-6-8-11(14)9-10/h6-9,12H,4-5H2,1-3H3/t12-/m0/s1. The van der Waals surface area contributed by atoms with E-state index in [-0.39, 0.29) is 13.2 Å². The highest BCUT2D eigenvalue weighted by Gasteiger charge is 2.43. The van der Waals surface area contributed by atoms with E-state index in [1.165, 1.54) is 7.11 Å². The highest BCUT2D eigenvalue weighted by molar-refractivity contribution is 7.55. The SMILES string of the molecule is CCOP(=O)(OCC)[C@H](C(=O)OC)c1cccc(Cl)c1. The Morgan fingerprint density at radius 3 is 2.35 bits per heavy atom. The molecule has 0 amide bonds. The summed E-state index contributed by atoms with van der Waals surface area (Å²) >= 11 is 5.92. The maximum Gasteiger partial charge on any atom is 0.349 e. The summed E-state index contributed by atoms with van der Waals surface area (Å²) in [5, 5.41) is 0.427. The summed E-state index contributed by atoms with van der Waals surface area (Å²) in [7, 11) is -2.45. The van der Waals surface area contributed by atoms with Gasteiger partial charge in [0.15, 0.2) is 5.66 Å². The number of rotatable bonds is 7. The molecule has 1 aromatic rings. The second kappa shape index (κ2) is 7.79. The molecule has 1 rings (SSSR count). The lowest BCUT2D eigenvalue weighted by molar-refractivity contribution is -0.140. The van der Waals surface area contributed by atoms with Crippen LogP contribution >= 0.6 is 19.2 Å². The van der Waals surface area contributed by atoms with Crippen molar-refractivity contribution in [1.29, 1.82) is 0 Å². The molecule has 5 nitrogen and oxygen atoms in total. The predicted molar refractivity (Wildman–Crippen MR) is 77.1 cm³/mol. The van der Waals surface area contributed by atoms with E-state index in [1.54, 1.807) is 38.1 Å². The zero-order valence-electron chi connectivity index (χ0n) is 11.7. The molecule has 0 aliphatic carbocycles. The highest BCUT2D eigenvalue weighted by Crippen LogP contribution is 2.61. The summed E-state index contributed by atoms with van der Waals surface area (Å²) in [4.78, 5) is 12.0. The minimum absolute atomic E-state index is 0.158. The van der Waals surface area contributed by atoms with Crippen molar-refractivity contribution in [3.8, 4) is 0 Å². The molecular weight excluding hydrogens is 303 g/mol. The second-order valence-electron chi connectivity index (χ2n) is 3.86. The van der Waals surface area contributed by atoms with E-state index < -0.39 is 19.2 Å². The summed E-state index contributed by atoms with van der Waals surface area (Å²) in [6.07, 6.45) is 0. The molecule has 0 aromatic heterocycles. The number of carbonyl (C=O) groups excluding carboxylic acids is 1. The smallest absolute Gasteiger partial charge is 0.349 e. The Morgan fingerprint density at radius 2 is 1.90 bits per heavy atom. The van der Waals surface area contributed by atoms with Gasteiger partial charge in [-0.15, -0.1) is 0 Å². The first-order valence-corrected chi connectivity index (χ1v) is 8.19. The Hall–Kier alpha value is -0.870. The summed E-state index contributed by atoms with van der Waals surface area (Å²) in [5.41, 5.74) is -0.708. The monoisotopic (exact) mass is 320 g/mol. The third-order valence-corrected chi connectivity index (χ3v) is 5.14. The number of benzene rings is 1. The molecule has 0 aliphatic heterocycles. The molecule has 1 aromatic carbocycles. The number of hydrogen-bond donors (Lipinski definition) is 0. The van der Waals surface area contributed by atoms with Gasteiger partial charge < -0.3 is 13.8 Å². The first kappa shape index (κ1) is 17.2. The van der Waals surface area contributed by atoms with Gasteiger partial charge in [0.25, 0.3) is 0 Å². The fourth-order valence-corrected chi connectivity index (χ4v) is 3.96. The van der Waals surface area contributed by atoms with Gasteiger partial charge in [-0.2, -0.15) is 0 Å². The Kier molecular flexibility index (Phi) is 6.69. The van der Waals surface area contributed by atoms with Crippen molar-refractivity contribution in [3.63, 3.8) is 0 Å². The van der Waals surface area contributed by atoms with Crippen LogP contribution in [0.3, 0.4) is 0 Å². The molecule has 0 bridgehead atoms. The number of hydrogen-bond acceptors (Lipinski definition) is 5. The quantitative estimate of drug-likeness (QED) is 0.564. The zero-order chi connectivity index (χ0) is 15.2. The van der Waals surface area contributed by atoms with E-state index in [1.807, 2.05) is 0 Å². The minimum atomic E-state index is -3.68. The van der Waals surface area contributed by atoms with E-state index in [0.29, 0.717) is 10.6 Å². The molecule has 0 fully saturated rings. The predicted octanol–water partition coefficient (Wildman–Crippen LogP) is 3.82. The molecule has 0 N–H and O–H groups in total. The van der Waals surface area contributed by atoms with Crippen LogP contribution in [0.4, 0.5) is 0 Å². The molecule has 0 spiro atoms. The summed E-state index contributed by atoms with van der Waals surface area (Å²) < 4.78 is 28.0. The van der Waals surface area contributed by atoms with E-state index in [9.17, 15) is 9.36 Å². The molecule has 20 heavy (non-hydrogen) atoms. The van der Waals surface area contributed by atoms with Gasteiger partial charge in [0, 0.05) is 5.02 Å². The summed E-state index contributed by atoms with van der Waals surface area (Å²) in [6, 6.07) is 6.51. The average molecular weight is 321 g/mol. The molecule has 0 saturated carbocycles. The molecule has 0 unspecified atom stereocenters. The molecule has 0 saturated heterocycles. The van der Waals surface area contributed by atoms with Crippen molar-refractivity contribution in [2.45, 2.75) is 19.5 Å².